The molecule has 1 saturated heterocycles. The van der Waals surface area contributed by atoms with Gasteiger partial charge in [-0.1, -0.05) is 109 Å². The van der Waals surface area contributed by atoms with Crippen LogP contribution in [0.15, 0.2) is 120 Å². The minimum Gasteiger partial charge on any atom is -0.396 e. The second kappa shape index (κ2) is 17.6. The van der Waals surface area contributed by atoms with Crippen LogP contribution in [0.4, 0.5) is 0 Å². The van der Waals surface area contributed by atoms with Crippen molar-refractivity contribution in [2.24, 2.45) is 0 Å². The predicted molar refractivity (Wildman–Crippen MR) is 176 cm³/mol. The van der Waals surface area contributed by atoms with Crippen LogP contribution in [0.25, 0.3) is 0 Å². The lowest BCUT2D eigenvalue weighted by atomic mass is 9.98. The zero-order valence-corrected chi connectivity index (χ0v) is 27.2. The van der Waals surface area contributed by atoms with Gasteiger partial charge in [-0.3, -0.25) is 4.18 Å². The predicted octanol–water partition coefficient (Wildman–Crippen LogP) is 5.58. The summed E-state index contributed by atoms with van der Waals surface area (Å²) in [6, 6.07) is 35.5. The molecule has 1 heterocycles. The fourth-order valence-corrected chi connectivity index (χ4v) is 6.13. The van der Waals surface area contributed by atoms with E-state index >= 15 is 0 Å². The van der Waals surface area contributed by atoms with E-state index in [4.69, 9.17) is 27.9 Å². The average Bonchev–Trinajstić information content (AvgIpc) is 3.10. The van der Waals surface area contributed by atoms with Gasteiger partial charge in [0, 0.05) is 6.61 Å². The highest BCUT2D eigenvalue weighted by molar-refractivity contribution is 7.86. The van der Waals surface area contributed by atoms with E-state index in [1.54, 1.807) is 12.1 Å². The first-order valence-electron chi connectivity index (χ1n) is 15.7. The van der Waals surface area contributed by atoms with Crippen LogP contribution < -0.4 is 0 Å². The van der Waals surface area contributed by atoms with E-state index in [2.05, 4.69) is 0 Å². The molecule has 250 valence electrons. The average molecular weight is 663 g/mol. The van der Waals surface area contributed by atoms with Crippen LogP contribution in [0.1, 0.15) is 28.7 Å². The number of hydrogen-bond acceptors (Lipinski definition) is 9. The molecule has 4 aromatic rings. The van der Waals surface area contributed by atoms with E-state index in [-0.39, 0.29) is 44.5 Å². The fourth-order valence-electron chi connectivity index (χ4n) is 5.21. The molecule has 0 saturated carbocycles. The lowest BCUT2D eigenvalue weighted by Gasteiger charge is -2.45. The molecule has 0 aromatic heterocycles. The molecule has 1 fully saturated rings. The highest BCUT2D eigenvalue weighted by Gasteiger charge is 2.49. The van der Waals surface area contributed by atoms with Gasteiger partial charge >= 0.3 is 0 Å². The molecule has 1 unspecified atom stereocenters. The van der Waals surface area contributed by atoms with Gasteiger partial charge in [-0.05, 0) is 42.2 Å². The third-order valence-electron chi connectivity index (χ3n) is 7.73. The summed E-state index contributed by atoms with van der Waals surface area (Å²) in [6.45, 7) is 2.33. The van der Waals surface area contributed by atoms with Crippen molar-refractivity contribution in [1.82, 2.24) is 0 Å². The monoisotopic (exact) mass is 662 g/mol. The Morgan fingerprint density at radius 3 is 1.64 bits per heavy atom. The molecular formula is C37H42O9S. The first kappa shape index (κ1) is 34.9. The second-order valence-corrected chi connectivity index (χ2v) is 12.9. The summed E-state index contributed by atoms with van der Waals surface area (Å²) in [4.78, 5) is 0.0392. The van der Waals surface area contributed by atoms with E-state index in [1.165, 1.54) is 12.1 Å². The van der Waals surface area contributed by atoms with Gasteiger partial charge < -0.3 is 28.8 Å². The Bertz CT molecular complexity index is 1570. The van der Waals surface area contributed by atoms with Crippen LogP contribution in [0.3, 0.4) is 0 Å². The Morgan fingerprint density at radius 2 is 1.13 bits per heavy atom. The summed E-state index contributed by atoms with van der Waals surface area (Å²) in [7, 11) is -4.12. The van der Waals surface area contributed by atoms with Gasteiger partial charge in [-0.15, -0.1) is 0 Å². The lowest BCUT2D eigenvalue weighted by Crippen LogP contribution is -2.62. The summed E-state index contributed by atoms with van der Waals surface area (Å²) in [5.41, 5.74) is 3.73. The molecule has 0 radical (unpaired) electrons. The van der Waals surface area contributed by atoms with Gasteiger partial charge in [0.2, 0.25) is 0 Å². The van der Waals surface area contributed by atoms with E-state index in [0.29, 0.717) is 6.42 Å². The van der Waals surface area contributed by atoms with Crippen molar-refractivity contribution < 1.29 is 41.4 Å². The Balaban J connectivity index is 1.46. The molecule has 5 rings (SSSR count). The SMILES string of the molecule is Cc1ccc(S(=O)(=O)OC[C@H]2O[C@H](OCCCO)[C@H](OCc3ccccc3)[C@@H](OCc3ccccc3)C2OCc2ccccc2)cc1. The smallest absolute Gasteiger partial charge is 0.297 e. The molecule has 10 heteroatoms. The van der Waals surface area contributed by atoms with Crippen molar-refractivity contribution in [3.05, 3.63) is 138 Å². The highest BCUT2D eigenvalue weighted by Crippen LogP contribution is 2.32. The third kappa shape index (κ3) is 10.3. The molecule has 1 aliphatic heterocycles. The highest BCUT2D eigenvalue weighted by atomic mass is 32.2. The molecule has 9 nitrogen and oxygen atoms in total. The zero-order chi connectivity index (χ0) is 32.9. The van der Waals surface area contributed by atoms with Crippen molar-refractivity contribution in [3.63, 3.8) is 0 Å². The Hall–Kier alpha value is -3.45. The minimum atomic E-state index is -4.12. The van der Waals surface area contributed by atoms with Crippen LogP contribution in [0, 0.1) is 6.92 Å². The summed E-state index contributed by atoms with van der Waals surface area (Å²) in [5.74, 6) is 0. The summed E-state index contributed by atoms with van der Waals surface area (Å²) in [6.07, 6.45) is -3.87. The lowest BCUT2D eigenvalue weighted by molar-refractivity contribution is -0.325. The van der Waals surface area contributed by atoms with Crippen LogP contribution in [-0.4, -0.2) is 64.1 Å². The van der Waals surface area contributed by atoms with Crippen LogP contribution in [0.5, 0.6) is 0 Å². The maximum Gasteiger partial charge on any atom is 0.297 e. The quantitative estimate of drug-likeness (QED) is 0.115. The maximum absolute atomic E-state index is 13.2. The fraction of sp³-hybridized carbons (Fsp3) is 0.351. The number of ether oxygens (including phenoxy) is 5. The molecular weight excluding hydrogens is 620 g/mol. The van der Waals surface area contributed by atoms with Crippen molar-refractivity contribution in [1.29, 1.82) is 0 Å². The molecule has 47 heavy (non-hydrogen) atoms. The third-order valence-corrected chi connectivity index (χ3v) is 9.02. The number of hydrogen-bond donors (Lipinski definition) is 1. The first-order chi connectivity index (χ1) is 22.9. The Labute approximate surface area is 277 Å². The number of rotatable bonds is 17. The first-order valence-corrected chi connectivity index (χ1v) is 17.1. The molecule has 0 bridgehead atoms. The van der Waals surface area contributed by atoms with E-state index < -0.39 is 40.8 Å². The number of benzene rings is 4. The number of aliphatic hydroxyl groups is 1. The van der Waals surface area contributed by atoms with Crippen LogP contribution >= 0.6 is 0 Å². The van der Waals surface area contributed by atoms with Gasteiger partial charge in [0.15, 0.2) is 6.29 Å². The van der Waals surface area contributed by atoms with Crippen molar-refractivity contribution >= 4 is 10.1 Å². The summed E-state index contributed by atoms with van der Waals surface area (Å²) >= 11 is 0. The molecule has 1 N–H and O–H groups in total. The second-order valence-electron chi connectivity index (χ2n) is 11.3. The van der Waals surface area contributed by atoms with Gasteiger partial charge in [-0.2, -0.15) is 8.42 Å². The number of aryl methyl sites for hydroxylation is 1. The normalized spacial score (nSPS) is 21.4. The Morgan fingerprint density at radius 1 is 0.638 bits per heavy atom. The van der Waals surface area contributed by atoms with E-state index in [1.807, 2.05) is 97.9 Å². The van der Waals surface area contributed by atoms with Crippen molar-refractivity contribution in [2.75, 3.05) is 19.8 Å². The minimum absolute atomic E-state index is 0.0392. The van der Waals surface area contributed by atoms with E-state index in [9.17, 15) is 13.5 Å². The molecule has 1 aliphatic rings. The van der Waals surface area contributed by atoms with Gasteiger partial charge in [0.1, 0.15) is 24.4 Å². The molecule has 0 amide bonds. The molecule has 0 spiro atoms. The molecule has 4 aromatic carbocycles. The topological polar surface area (TPSA) is 110 Å². The Kier molecular flexibility index (Phi) is 13.1. The van der Waals surface area contributed by atoms with Gasteiger partial charge in [0.05, 0.1) is 37.9 Å². The summed E-state index contributed by atoms with van der Waals surface area (Å²) < 4.78 is 64.3. The summed E-state index contributed by atoms with van der Waals surface area (Å²) in [5, 5.41) is 9.46. The largest absolute Gasteiger partial charge is 0.396 e. The van der Waals surface area contributed by atoms with Gasteiger partial charge in [-0.25, -0.2) is 0 Å². The standard InChI is InChI=1S/C37H42O9S/c1-28-18-20-32(21-19-28)47(39,40)45-27-33-34(42-24-29-12-5-2-6-13-29)35(43-25-30-14-7-3-8-15-30)36(37(46-33)41-23-11-22-38)44-26-31-16-9-4-10-17-31/h2-10,12-21,33-38H,11,22-27H2,1H3/t33-,34?,35+,36-,37+/m1/s1. The van der Waals surface area contributed by atoms with Crippen LogP contribution in [-0.2, 0) is 57.8 Å². The van der Waals surface area contributed by atoms with E-state index in [0.717, 1.165) is 22.3 Å². The van der Waals surface area contributed by atoms with Crippen molar-refractivity contribution in [3.8, 4) is 0 Å². The van der Waals surface area contributed by atoms with Gasteiger partial charge in [0.25, 0.3) is 10.1 Å². The molecule has 5 atom stereocenters. The van der Waals surface area contributed by atoms with Crippen LogP contribution in [0.2, 0.25) is 0 Å². The maximum atomic E-state index is 13.2. The zero-order valence-electron chi connectivity index (χ0n) is 26.4. The molecule has 0 aliphatic carbocycles. The number of aliphatic hydroxyl groups excluding tert-OH is 1. The van der Waals surface area contributed by atoms with Crippen molar-refractivity contribution in [2.45, 2.75) is 68.8 Å².